The Morgan fingerprint density at radius 1 is 0.933 bits per heavy atom. The summed E-state index contributed by atoms with van der Waals surface area (Å²) in [4.78, 5) is 12.7. The number of furan rings is 1. The number of benzene rings is 3. The molecule has 2 heterocycles. The van der Waals surface area contributed by atoms with Gasteiger partial charge in [0, 0.05) is 22.6 Å². The van der Waals surface area contributed by atoms with Gasteiger partial charge in [-0.25, -0.2) is 5.43 Å². The molecule has 0 unspecified atom stereocenters. The molecule has 0 fully saturated rings. The standard InChI is InChI=1S/C37H37N3O5/c1-6-8-30-20-29(21-35(42-5)36(30)44-23-28-10-7-9-25(2)19-28)22-38-39-37(41)34-18-17-33(45-34)24-43-32-15-13-31(14-16-32)40-26(3)11-12-27(40)4/h6-7,9-22H,1,8,23-24H2,2-5H3,(H,39,41)/b38-22+. The highest BCUT2D eigenvalue weighted by molar-refractivity contribution is 5.92. The van der Waals surface area contributed by atoms with Crippen molar-refractivity contribution < 1.29 is 23.4 Å². The maximum atomic E-state index is 12.7. The van der Waals surface area contributed by atoms with Crippen molar-refractivity contribution in [3.63, 3.8) is 0 Å². The van der Waals surface area contributed by atoms with Crippen LogP contribution in [0.1, 0.15) is 50.0 Å². The van der Waals surface area contributed by atoms with Crippen LogP contribution in [0.5, 0.6) is 17.2 Å². The monoisotopic (exact) mass is 603 g/mol. The average Bonchev–Trinajstić information content (AvgIpc) is 3.65. The number of aromatic nitrogens is 1. The van der Waals surface area contributed by atoms with Crippen molar-refractivity contribution in [1.82, 2.24) is 9.99 Å². The summed E-state index contributed by atoms with van der Waals surface area (Å²) < 4.78 is 25.6. The zero-order chi connectivity index (χ0) is 31.8. The molecule has 0 atom stereocenters. The van der Waals surface area contributed by atoms with Crippen molar-refractivity contribution in [3.05, 3.63) is 143 Å². The van der Waals surface area contributed by atoms with E-state index in [1.165, 1.54) is 17.0 Å². The second-order valence-electron chi connectivity index (χ2n) is 10.7. The van der Waals surface area contributed by atoms with E-state index in [1.54, 1.807) is 31.5 Å². The number of ether oxygens (including phenoxy) is 3. The molecule has 5 aromatic rings. The van der Waals surface area contributed by atoms with Gasteiger partial charge in [0.2, 0.25) is 0 Å². The summed E-state index contributed by atoms with van der Waals surface area (Å²) in [6, 6.07) is 27.2. The second kappa shape index (κ2) is 14.3. The van der Waals surface area contributed by atoms with Crippen LogP contribution in [0, 0.1) is 20.8 Å². The molecule has 1 N–H and O–H groups in total. The lowest BCUT2D eigenvalue weighted by molar-refractivity contribution is 0.0923. The molecule has 0 bridgehead atoms. The fraction of sp³-hybridized carbons (Fsp3) is 0.189. The summed E-state index contributed by atoms with van der Waals surface area (Å²) in [5, 5.41) is 4.13. The van der Waals surface area contributed by atoms with E-state index < -0.39 is 5.91 Å². The number of rotatable bonds is 13. The predicted molar refractivity (Wildman–Crippen MR) is 176 cm³/mol. The Labute approximate surface area is 263 Å². The molecule has 3 aromatic carbocycles. The lowest BCUT2D eigenvalue weighted by atomic mass is 10.1. The first kappa shape index (κ1) is 30.9. The third-order valence-corrected chi connectivity index (χ3v) is 7.22. The number of allylic oxidation sites excluding steroid dienone is 1. The van der Waals surface area contributed by atoms with Gasteiger partial charge in [0.05, 0.1) is 13.3 Å². The third-order valence-electron chi connectivity index (χ3n) is 7.22. The number of hydrazone groups is 1. The predicted octanol–water partition coefficient (Wildman–Crippen LogP) is 7.65. The van der Waals surface area contributed by atoms with Crippen LogP contribution in [0.2, 0.25) is 0 Å². The average molecular weight is 604 g/mol. The van der Waals surface area contributed by atoms with Gasteiger partial charge >= 0.3 is 5.91 Å². The summed E-state index contributed by atoms with van der Waals surface area (Å²) in [6.07, 6.45) is 3.92. The summed E-state index contributed by atoms with van der Waals surface area (Å²) in [5.41, 5.74) is 9.78. The van der Waals surface area contributed by atoms with Crippen molar-refractivity contribution in [2.24, 2.45) is 5.10 Å². The van der Waals surface area contributed by atoms with Crippen molar-refractivity contribution in [1.29, 1.82) is 0 Å². The molecule has 0 spiro atoms. The molecule has 1 amide bonds. The molecule has 0 aliphatic rings. The molecule has 0 saturated heterocycles. The van der Waals surface area contributed by atoms with Gasteiger partial charge in [-0.3, -0.25) is 4.79 Å². The van der Waals surface area contributed by atoms with Crippen LogP contribution in [0.25, 0.3) is 5.69 Å². The van der Waals surface area contributed by atoms with Crippen molar-refractivity contribution in [2.75, 3.05) is 7.11 Å². The van der Waals surface area contributed by atoms with Crippen LogP contribution >= 0.6 is 0 Å². The maximum absolute atomic E-state index is 12.7. The molecule has 2 aromatic heterocycles. The van der Waals surface area contributed by atoms with Gasteiger partial charge in [-0.1, -0.05) is 35.9 Å². The number of carbonyl (C=O) groups is 1. The number of nitrogens with one attached hydrogen (secondary N) is 1. The lowest BCUT2D eigenvalue weighted by Gasteiger charge is -2.16. The first-order valence-electron chi connectivity index (χ1n) is 14.6. The number of methoxy groups -OCH3 is 1. The van der Waals surface area contributed by atoms with Crippen LogP contribution < -0.4 is 19.6 Å². The first-order valence-corrected chi connectivity index (χ1v) is 14.6. The summed E-state index contributed by atoms with van der Waals surface area (Å²) >= 11 is 0. The Balaban J connectivity index is 1.18. The first-order chi connectivity index (χ1) is 21.8. The van der Waals surface area contributed by atoms with Gasteiger partial charge in [-0.15, -0.1) is 6.58 Å². The molecule has 0 radical (unpaired) electrons. The molecule has 45 heavy (non-hydrogen) atoms. The minimum atomic E-state index is -0.476. The molecular formula is C37H37N3O5. The molecular weight excluding hydrogens is 566 g/mol. The van der Waals surface area contributed by atoms with E-state index in [2.05, 4.69) is 53.7 Å². The molecule has 8 nitrogen and oxygen atoms in total. The number of amides is 1. The normalized spacial score (nSPS) is 11.0. The molecule has 230 valence electrons. The van der Waals surface area contributed by atoms with Crippen LogP contribution in [0.4, 0.5) is 0 Å². The molecule has 0 saturated carbocycles. The smallest absolute Gasteiger partial charge is 0.307 e. The van der Waals surface area contributed by atoms with E-state index >= 15 is 0 Å². The Morgan fingerprint density at radius 2 is 1.71 bits per heavy atom. The van der Waals surface area contributed by atoms with E-state index in [-0.39, 0.29) is 12.4 Å². The SMILES string of the molecule is C=CCc1cc(/C=N/NC(=O)c2ccc(COc3ccc(-n4c(C)ccc4C)cc3)o2)cc(OC)c1OCc1cccc(C)c1. The minimum absolute atomic E-state index is 0.129. The maximum Gasteiger partial charge on any atom is 0.307 e. The fourth-order valence-electron chi connectivity index (χ4n) is 5.06. The molecule has 8 heteroatoms. The zero-order valence-electron chi connectivity index (χ0n) is 26.0. The van der Waals surface area contributed by atoms with Gasteiger partial charge < -0.3 is 23.2 Å². The Morgan fingerprint density at radius 3 is 2.42 bits per heavy atom. The number of carbonyl (C=O) groups excluding carboxylic acids is 1. The molecule has 0 aliphatic heterocycles. The summed E-state index contributed by atoms with van der Waals surface area (Å²) in [6.45, 7) is 10.7. The molecule has 5 rings (SSSR count). The van der Waals surface area contributed by atoms with E-state index in [4.69, 9.17) is 18.6 Å². The fourth-order valence-corrected chi connectivity index (χ4v) is 5.06. The van der Waals surface area contributed by atoms with Crippen LogP contribution in [-0.4, -0.2) is 23.8 Å². The van der Waals surface area contributed by atoms with E-state index in [9.17, 15) is 4.79 Å². The Kier molecular flexibility index (Phi) is 9.84. The van der Waals surface area contributed by atoms with Crippen LogP contribution in [0.15, 0.2) is 107 Å². The van der Waals surface area contributed by atoms with Gasteiger partial charge in [0.15, 0.2) is 17.3 Å². The lowest BCUT2D eigenvalue weighted by Crippen LogP contribution is -2.16. The van der Waals surface area contributed by atoms with Crippen molar-refractivity contribution in [2.45, 2.75) is 40.4 Å². The van der Waals surface area contributed by atoms with Gasteiger partial charge in [0.1, 0.15) is 24.7 Å². The van der Waals surface area contributed by atoms with E-state index in [1.807, 2.05) is 61.5 Å². The van der Waals surface area contributed by atoms with E-state index in [0.29, 0.717) is 36.0 Å². The molecule has 0 aliphatic carbocycles. The highest BCUT2D eigenvalue weighted by Gasteiger charge is 2.14. The number of aryl methyl sites for hydroxylation is 3. The largest absolute Gasteiger partial charge is 0.493 e. The van der Waals surface area contributed by atoms with Crippen molar-refractivity contribution in [3.8, 4) is 22.9 Å². The quantitative estimate of drug-likeness (QED) is 0.0849. The van der Waals surface area contributed by atoms with E-state index in [0.717, 1.165) is 22.4 Å². The second-order valence-corrected chi connectivity index (χ2v) is 10.7. The van der Waals surface area contributed by atoms with Gasteiger partial charge in [-0.05, 0) is 99.0 Å². The number of hydrogen-bond donors (Lipinski definition) is 1. The van der Waals surface area contributed by atoms with Crippen LogP contribution in [-0.2, 0) is 19.6 Å². The number of hydrogen-bond acceptors (Lipinski definition) is 6. The topological polar surface area (TPSA) is 87.2 Å². The Bertz CT molecular complexity index is 1790. The zero-order valence-corrected chi connectivity index (χ0v) is 26.0. The van der Waals surface area contributed by atoms with Crippen molar-refractivity contribution >= 4 is 12.1 Å². The highest BCUT2D eigenvalue weighted by Crippen LogP contribution is 2.34. The Hall–Kier alpha value is -5.50. The summed E-state index contributed by atoms with van der Waals surface area (Å²) in [7, 11) is 1.59. The van der Waals surface area contributed by atoms with Gasteiger partial charge in [0.25, 0.3) is 0 Å². The minimum Gasteiger partial charge on any atom is -0.493 e. The number of nitrogens with zero attached hydrogens (tertiary/aromatic N) is 2. The van der Waals surface area contributed by atoms with Gasteiger partial charge in [-0.2, -0.15) is 5.10 Å². The highest BCUT2D eigenvalue weighted by atomic mass is 16.5. The third kappa shape index (κ3) is 7.72. The summed E-state index contributed by atoms with van der Waals surface area (Å²) in [5.74, 6) is 2.08. The van der Waals surface area contributed by atoms with Crippen LogP contribution in [0.3, 0.4) is 0 Å².